The maximum atomic E-state index is 12.9. The van der Waals surface area contributed by atoms with Crippen LogP contribution in [0.3, 0.4) is 0 Å². The molecule has 1 fully saturated rings. The third kappa shape index (κ3) is 4.58. The van der Waals surface area contributed by atoms with Crippen molar-refractivity contribution in [2.24, 2.45) is 0 Å². The van der Waals surface area contributed by atoms with E-state index in [1.54, 1.807) is 34.0 Å². The second-order valence-corrected chi connectivity index (χ2v) is 9.57. The van der Waals surface area contributed by atoms with E-state index in [9.17, 15) is 14.7 Å². The summed E-state index contributed by atoms with van der Waals surface area (Å²) in [5.74, 6) is -0.564. The molecule has 1 saturated heterocycles. The Labute approximate surface area is 214 Å². The SMILES string of the molecule is C=CC(=O)N1/C(=C\Cc2cc(Cl)ccc2-n2cnnn2)CC[C@H]1c1ncc(-c2ccc(C(=O)O)s2)[nH]1. The molecule has 1 aliphatic heterocycles. The standard InChI is InChI=1S/C24H20ClN7O3S/c1-2-22(33)32-16(5-3-14-11-15(25)4-7-18(14)31-13-27-29-30-31)6-8-19(32)23-26-12-17(28-23)20-9-10-21(36-20)24(34)35/h2,4-5,7,9-13,19H,1,3,6,8H2,(H,26,28)(H,34,35)/b16-5-/t19-/m0/s1. The Kier molecular flexibility index (Phi) is 6.49. The highest BCUT2D eigenvalue weighted by Crippen LogP contribution is 2.39. The number of likely N-dealkylation sites (tertiary alicyclic amines) is 1. The number of aromatic amines is 1. The minimum Gasteiger partial charge on any atom is -0.477 e. The lowest BCUT2D eigenvalue weighted by Crippen LogP contribution is -2.28. The van der Waals surface area contributed by atoms with E-state index in [4.69, 9.17) is 11.6 Å². The quantitative estimate of drug-likeness (QED) is 0.344. The molecule has 182 valence electrons. The molecule has 10 nitrogen and oxygen atoms in total. The number of hydrogen-bond acceptors (Lipinski definition) is 7. The van der Waals surface area contributed by atoms with Gasteiger partial charge in [0.25, 0.3) is 5.91 Å². The highest BCUT2D eigenvalue weighted by molar-refractivity contribution is 7.17. The first-order valence-corrected chi connectivity index (χ1v) is 12.2. The number of hydrogen-bond donors (Lipinski definition) is 2. The molecule has 3 aromatic heterocycles. The van der Waals surface area contributed by atoms with Gasteiger partial charge in [-0.25, -0.2) is 14.5 Å². The number of H-pyrrole nitrogens is 1. The number of tetrazole rings is 1. The summed E-state index contributed by atoms with van der Waals surface area (Å²) in [6.07, 6.45) is 8.33. The molecule has 0 saturated carbocycles. The van der Waals surface area contributed by atoms with Gasteiger partial charge in [-0.15, -0.1) is 16.4 Å². The second kappa shape index (κ2) is 9.88. The number of aromatic nitrogens is 6. The molecule has 0 aliphatic carbocycles. The number of carbonyl (C=O) groups excluding carboxylic acids is 1. The number of aromatic carboxylic acids is 1. The lowest BCUT2D eigenvalue weighted by molar-refractivity contribution is -0.125. The predicted molar refractivity (Wildman–Crippen MR) is 134 cm³/mol. The van der Waals surface area contributed by atoms with Crippen molar-refractivity contribution in [3.63, 3.8) is 0 Å². The average molecular weight is 522 g/mol. The first kappa shape index (κ1) is 23.6. The Balaban J connectivity index is 1.42. The van der Waals surface area contributed by atoms with Crippen LogP contribution in [0.4, 0.5) is 0 Å². The lowest BCUT2D eigenvalue weighted by atomic mass is 10.1. The molecule has 1 aliphatic rings. The van der Waals surface area contributed by atoms with Crippen molar-refractivity contribution in [1.82, 2.24) is 35.1 Å². The number of nitrogens with one attached hydrogen (secondary N) is 1. The van der Waals surface area contributed by atoms with E-state index in [0.29, 0.717) is 35.8 Å². The number of allylic oxidation sites excluding steroid dienone is 2. The predicted octanol–water partition coefficient (Wildman–Crippen LogP) is 4.44. The molecule has 5 rings (SSSR count). The summed E-state index contributed by atoms with van der Waals surface area (Å²) in [6, 6.07) is 8.48. The van der Waals surface area contributed by atoms with Gasteiger partial charge in [0.2, 0.25) is 0 Å². The van der Waals surface area contributed by atoms with Gasteiger partial charge in [0.1, 0.15) is 17.0 Å². The van der Waals surface area contributed by atoms with Gasteiger partial charge < -0.3 is 15.0 Å². The van der Waals surface area contributed by atoms with E-state index in [1.807, 2.05) is 18.2 Å². The fraction of sp³-hybridized carbons (Fsp3) is 0.167. The minimum absolute atomic E-state index is 0.224. The van der Waals surface area contributed by atoms with Gasteiger partial charge in [-0.05, 0) is 71.7 Å². The number of imidazole rings is 1. The number of amides is 1. The zero-order chi connectivity index (χ0) is 25.2. The molecule has 1 atom stereocenters. The van der Waals surface area contributed by atoms with Gasteiger partial charge in [0, 0.05) is 10.7 Å². The number of halogens is 1. The molecular formula is C24H20ClN7O3S. The van der Waals surface area contributed by atoms with Gasteiger partial charge in [-0.1, -0.05) is 24.3 Å². The highest BCUT2D eigenvalue weighted by Gasteiger charge is 2.34. The number of thiophene rings is 1. The van der Waals surface area contributed by atoms with Crippen LogP contribution in [0.1, 0.15) is 39.9 Å². The lowest BCUT2D eigenvalue weighted by Gasteiger charge is -2.23. The van der Waals surface area contributed by atoms with E-state index >= 15 is 0 Å². The van der Waals surface area contributed by atoms with Crippen molar-refractivity contribution in [2.45, 2.75) is 25.3 Å². The van der Waals surface area contributed by atoms with E-state index in [-0.39, 0.29) is 16.8 Å². The first-order valence-electron chi connectivity index (χ1n) is 11.0. The normalized spacial score (nSPS) is 16.5. The molecule has 4 aromatic rings. The van der Waals surface area contributed by atoms with E-state index in [0.717, 1.165) is 33.2 Å². The number of carbonyl (C=O) groups is 2. The first-order chi connectivity index (χ1) is 17.4. The Morgan fingerprint density at radius 2 is 2.17 bits per heavy atom. The van der Waals surface area contributed by atoms with Crippen molar-refractivity contribution >= 4 is 34.8 Å². The van der Waals surface area contributed by atoms with Crippen LogP contribution in [0.5, 0.6) is 0 Å². The van der Waals surface area contributed by atoms with Crippen molar-refractivity contribution in [3.8, 4) is 16.3 Å². The van der Waals surface area contributed by atoms with Gasteiger partial charge in [-0.2, -0.15) is 0 Å². The van der Waals surface area contributed by atoms with Crippen LogP contribution in [-0.4, -0.2) is 52.1 Å². The Hall–Kier alpha value is -4.09. The van der Waals surface area contributed by atoms with Crippen LogP contribution >= 0.6 is 22.9 Å². The minimum atomic E-state index is -0.970. The van der Waals surface area contributed by atoms with Crippen LogP contribution in [0.25, 0.3) is 16.3 Å². The zero-order valence-corrected chi connectivity index (χ0v) is 20.4. The molecule has 1 amide bonds. The van der Waals surface area contributed by atoms with Crippen LogP contribution < -0.4 is 0 Å². The summed E-state index contributed by atoms with van der Waals surface area (Å²) in [5.41, 5.74) is 3.26. The maximum absolute atomic E-state index is 12.9. The largest absolute Gasteiger partial charge is 0.477 e. The molecule has 36 heavy (non-hydrogen) atoms. The van der Waals surface area contributed by atoms with E-state index in [2.05, 4.69) is 32.1 Å². The Morgan fingerprint density at radius 3 is 2.89 bits per heavy atom. The summed E-state index contributed by atoms with van der Waals surface area (Å²) < 4.78 is 1.57. The topological polar surface area (TPSA) is 130 Å². The Morgan fingerprint density at radius 1 is 1.31 bits per heavy atom. The molecule has 0 radical (unpaired) electrons. The zero-order valence-electron chi connectivity index (χ0n) is 18.8. The second-order valence-electron chi connectivity index (χ2n) is 8.05. The molecule has 0 spiro atoms. The Bertz CT molecular complexity index is 1470. The molecule has 0 bridgehead atoms. The molecule has 12 heteroatoms. The van der Waals surface area contributed by atoms with Crippen molar-refractivity contribution in [1.29, 1.82) is 0 Å². The highest BCUT2D eigenvalue weighted by atomic mass is 35.5. The van der Waals surface area contributed by atoms with E-state index < -0.39 is 5.97 Å². The van der Waals surface area contributed by atoms with Crippen LogP contribution in [-0.2, 0) is 11.2 Å². The van der Waals surface area contributed by atoms with Gasteiger partial charge in [0.05, 0.1) is 28.5 Å². The van der Waals surface area contributed by atoms with Crippen LogP contribution in [0.2, 0.25) is 5.02 Å². The molecular weight excluding hydrogens is 502 g/mol. The number of carboxylic acid groups (broad SMARTS) is 1. The number of benzene rings is 1. The summed E-state index contributed by atoms with van der Waals surface area (Å²) in [7, 11) is 0. The van der Waals surface area contributed by atoms with Crippen LogP contribution in [0, 0.1) is 0 Å². The molecule has 0 unspecified atom stereocenters. The van der Waals surface area contributed by atoms with Crippen molar-refractivity contribution in [2.75, 3.05) is 0 Å². The fourth-order valence-electron chi connectivity index (χ4n) is 4.26. The smallest absolute Gasteiger partial charge is 0.345 e. The fourth-order valence-corrected chi connectivity index (χ4v) is 5.26. The molecule has 4 heterocycles. The monoisotopic (exact) mass is 521 g/mol. The third-order valence-corrected chi connectivity index (χ3v) is 7.24. The van der Waals surface area contributed by atoms with Gasteiger partial charge in [0.15, 0.2) is 0 Å². The van der Waals surface area contributed by atoms with Crippen molar-refractivity contribution in [3.05, 3.63) is 88.6 Å². The summed E-state index contributed by atoms with van der Waals surface area (Å²) in [5, 5.41) is 21.2. The number of rotatable bonds is 7. The molecule has 1 aromatic carbocycles. The van der Waals surface area contributed by atoms with Crippen molar-refractivity contribution < 1.29 is 14.7 Å². The summed E-state index contributed by atoms with van der Waals surface area (Å²) in [4.78, 5) is 34.6. The maximum Gasteiger partial charge on any atom is 0.345 e. The van der Waals surface area contributed by atoms with Gasteiger partial charge in [-0.3, -0.25) is 4.79 Å². The molecule has 2 N–H and O–H groups in total. The summed E-state index contributed by atoms with van der Waals surface area (Å²) >= 11 is 7.41. The summed E-state index contributed by atoms with van der Waals surface area (Å²) in [6.45, 7) is 3.67. The van der Waals surface area contributed by atoms with Crippen LogP contribution in [0.15, 0.2) is 67.3 Å². The number of carboxylic acids is 1. The van der Waals surface area contributed by atoms with E-state index in [1.165, 1.54) is 12.4 Å². The van der Waals surface area contributed by atoms with Gasteiger partial charge >= 0.3 is 5.97 Å². The third-order valence-electron chi connectivity index (χ3n) is 5.90. The number of nitrogens with zero attached hydrogens (tertiary/aromatic N) is 6. The average Bonchev–Trinajstić information content (AvgIpc) is 3.67.